The van der Waals surface area contributed by atoms with E-state index in [1.54, 1.807) is 0 Å². The number of carbonyl (C=O) groups is 2. The lowest BCUT2D eigenvalue weighted by molar-refractivity contribution is -0.327. The molecule has 15 nitrogen and oxygen atoms in total. The van der Waals surface area contributed by atoms with E-state index in [9.17, 15) is 45.3 Å². The lowest BCUT2D eigenvalue weighted by Gasteiger charge is -2.47. The molecule has 0 unspecified atom stereocenters. The summed E-state index contributed by atoms with van der Waals surface area (Å²) < 4.78 is 15.7. The second kappa shape index (κ2) is 10.6. The van der Waals surface area contributed by atoms with Crippen LogP contribution in [-0.4, -0.2) is 133 Å². The summed E-state index contributed by atoms with van der Waals surface area (Å²) in [7, 11) is 0. The molecule has 0 spiro atoms. The molecule has 1 amide bonds. The van der Waals surface area contributed by atoms with Crippen molar-refractivity contribution < 1.29 is 64.7 Å². The third kappa shape index (κ3) is 5.52. The topological polar surface area (TPSA) is 262 Å². The number of hydrogen-bond acceptors (Lipinski definition) is 13. The number of amides is 1. The minimum atomic E-state index is -2.57. The van der Waals surface area contributed by atoms with Crippen molar-refractivity contribution in [2.24, 2.45) is 5.73 Å². The van der Waals surface area contributed by atoms with E-state index in [0.29, 0.717) is 0 Å². The Morgan fingerprint density at radius 2 is 1.81 bits per heavy atom. The second-order valence-corrected chi connectivity index (χ2v) is 7.82. The highest BCUT2D eigenvalue weighted by atomic mass is 16.7. The van der Waals surface area contributed by atoms with E-state index in [1.807, 2.05) is 0 Å². The van der Waals surface area contributed by atoms with Gasteiger partial charge in [0.15, 0.2) is 6.29 Å². The minimum absolute atomic E-state index is 0.567. The molecule has 0 saturated carbocycles. The SMILES string of the molecule is CC(=O)N[C@H]1[C@H]([C@H](O)[C@H](O)CO)O[C@@](OC[C@H]2O[C@@H](O)[C@H](O)[C@@H](O)[C@H]2O)(C(=O)O)C[C@@H]1N. The van der Waals surface area contributed by atoms with Crippen LogP contribution < -0.4 is 11.1 Å². The van der Waals surface area contributed by atoms with Gasteiger partial charge in [-0.15, -0.1) is 0 Å². The molecule has 2 saturated heterocycles. The minimum Gasteiger partial charge on any atom is -0.477 e. The highest BCUT2D eigenvalue weighted by Gasteiger charge is 2.56. The van der Waals surface area contributed by atoms with Crippen molar-refractivity contribution >= 4 is 11.9 Å². The van der Waals surface area contributed by atoms with E-state index < -0.39 is 98.4 Å². The van der Waals surface area contributed by atoms with Crippen molar-refractivity contribution in [1.82, 2.24) is 5.32 Å². The largest absolute Gasteiger partial charge is 0.477 e. The summed E-state index contributed by atoms with van der Waals surface area (Å²) in [6, 6.07) is -2.35. The summed E-state index contributed by atoms with van der Waals surface area (Å²) in [5.74, 6) is -4.87. The van der Waals surface area contributed by atoms with Gasteiger partial charge in [0.2, 0.25) is 5.91 Å². The van der Waals surface area contributed by atoms with Crippen LogP contribution in [0, 0.1) is 0 Å². The van der Waals surface area contributed by atoms with Crippen LogP contribution in [0.15, 0.2) is 0 Å². The van der Waals surface area contributed by atoms with Gasteiger partial charge in [0.25, 0.3) is 5.79 Å². The van der Waals surface area contributed by atoms with E-state index in [-0.39, 0.29) is 0 Å². The van der Waals surface area contributed by atoms with E-state index in [4.69, 9.17) is 25.1 Å². The molecule has 0 aromatic carbocycles. The quantitative estimate of drug-likeness (QED) is 0.158. The summed E-state index contributed by atoms with van der Waals surface area (Å²) in [6.07, 6.45) is -14.6. The van der Waals surface area contributed by atoms with Gasteiger partial charge in [-0.3, -0.25) is 4.79 Å². The first kappa shape index (κ1) is 26.7. The molecule has 2 fully saturated rings. The Morgan fingerprint density at radius 1 is 1.19 bits per heavy atom. The Hall–Kier alpha value is -1.50. The Balaban J connectivity index is 2.27. The number of nitrogens with two attached hydrogens (primary N) is 1. The van der Waals surface area contributed by atoms with Gasteiger partial charge in [-0.05, 0) is 0 Å². The van der Waals surface area contributed by atoms with Gasteiger partial charge < -0.3 is 66.1 Å². The molecule has 0 aliphatic carbocycles. The second-order valence-electron chi connectivity index (χ2n) is 7.82. The lowest BCUT2D eigenvalue weighted by atomic mass is 9.87. The fraction of sp³-hybridized carbons (Fsp3) is 0.882. The summed E-state index contributed by atoms with van der Waals surface area (Å²) in [5, 5.41) is 80.5. The van der Waals surface area contributed by atoms with Crippen LogP contribution in [-0.2, 0) is 23.8 Å². The van der Waals surface area contributed by atoms with Gasteiger partial charge >= 0.3 is 5.97 Å². The molecule has 11 N–H and O–H groups in total. The number of aliphatic carboxylic acids is 1. The van der Waals surface area contributed by atoms with Gasteiger partial charge in [0, 0.05) is 19.4 Å². The zero-order valence-corrected chi connectivity index (χ0v) is 17.1. The first-order chi connectivity index (χ1) is 14.8. The maximum absolute atomic E-state index is 12.1. The number of nitrogens with one attached hydrogen (secondary N) is 1. The molecule has 32 heavy (non-hydrogen) atoms. The number of carboxylic acid groups (broad SMARTS) is 1. The smallest absolute Gasteiger partial charge is 0.364 e. The zero-order valence-electron chi connectivity index (χ0n) is 17.1. The van der Waals surface area contributed by atoms with Gasteiger partial charge in [0.05, 0.1) is 19.3 Å². The number of aliphatic hydroxyl groups is 7. The average Bonchev–Trinajstić information content (AvgIpc) is 2.73. The molecule has 0 aromatic heterocycles. The maximum Gasteiger partial charge on any atom is 0.364 e. The van der Waals surface area contributed by atoms with Crippen LogP contribution in [0.2, 0.25) is 0 Å². The van der Waals surface area contributed by atoms with Crippen LogP contribution in [0.25, 0.3) is 0 Å². The van der Waals surface area contributed by atoms with E-state index in [1.165, 1.54) is 0 Å². The third-order valence-electron chi connectivity index (χ3n) is 5.43. The van der Waals surface area contributed by atoms with Crippen LogP contribution >= 0.6 is 0 Å². The number of carbonyl (C=O) groups excluding carboxylic acids is 1. The number of ether oxygens (including phenoxy) is 3. The molecule has 2 aliphatic rings. The van der Waals surface area contributed by atoms with Crippen molar-refractivity contribution in [1.29, 1.82) is 0 Å². The Bertz CT molecular complexity index is 668. The Morgan fingerprint density at radius 3 is 2.34 bits per heavy atom. The predicted octanol–water partition coefficient (Wildman–Crippen LogP) is -6.08. The third-order valence-corrected chi connectivity index (χ3v) is 5.43. The van der Waals surface area contributed by atoms with Crippen LogP contribution in [0.4, 0.5) is 0 Å². The van der Waals surface area contributed by atoms with Gasteiger partial charge in [-0.25, -0.2) is 4.79 Å². The van der Waals surface area contributed by atoms with Gasteiger partial charge in [0.1, 0.15) is 42.7 Å². The Labute approximate surface area is 181 Å². The molecule has 15 heteroatoms. The average molecular weight is 470 g/mol. The maximum atomic E-state index is 12.1. The number of aliphatic hydroxyl groups excluding tert-OH is 7. The van der Waals surface area contributed by atoms with E-state index in [2.05, 4.69) is 5.32 Å². The first-order valence-corrected chi connectivity index (χ1v) is 9.77. The number of rotatable bonds is 8. The fourth-order valence-electron chi connectivity index (χ4n) is 3.63. The number of hydrogen-bond donors (Lipinski definition) is 10. The Kier molecular flexibility index (Phi) is 8.88. The van der Waals surface area contributed by atoms with Crippen LogP contribution in [0.1, 0.15) is 13.3 Å². The van der Waals surface area contributed by atoms with Crippen LogP contribution in [0.5, 0.6) is 0 Å². The summed E-state index contributed by atoms with van der Waals surface area (Å²) in [4.78, 5) is 23.6. The monoisotopic (exact) mass is 470 g/mol. The van der Waals surface area contributed by atoms with Crippen molar-refractivity contribution in [3.05, 3.63) is 0 Å². The fourth-order valence-corrected chi connectivity index (χ4v) is 3.63. The molecule has 2 heterocycles. The molecule has 0 bridgehead atoms. The zero-order chi connectivity index (χ0) is 24.4. The van der Waals surface area contributed by atoms with Crippen molar-refractivity contribution in [3.8, 4) is 0 Å². The van der Waals surface area contributed by atoms with Gasteiger partial charge in [-0.1, -0.05) is 0 Å². The summed E-state index contributed by atoms with van der Waals surface area (Å²) in [6.45, 7) is -0.539. The molecule has 2 rings (SSSR count). The molecule has 0 aromatic rings. The van der Waals surface area contributed by atoms with Crippen LogP contribution in [0.3, 0.4) is 0 Å². The lowest BCUT2D eigenvalue weighted by Crippen LogP contribution is -2.70. The normalized spacial score (nSPS) is 42.2. The predicted molar refractivity (Wildman–Crippen MR) is 99.4 cm³/mol. The first-order valence-electron chi connectivity index (χ1n) is 9.77. The highest BCUT2D eigenvalue weighted by molar-refractivity contribution is 5.76. The molecule has 186 valence electrons. The van der Waals surface area contributed by atoms with E-state index >= 15 is 0 Å². The standard InChI is InChI=1S/C17H30N2O13/c1-5(21)19-9-6(18)2-17(16(28)29,32-14(9)10(23)7(22)3-20)30-4-8-11(24)12(25)13(26)15(27)31-8/h6-15,20,22-27H,2-4,18H2,1H3,(H,19,21)(H,28,29)/t6-,7+,8+,9+,10+,11-,12-,13+,14+,15+,17+/m0/s1. The molecular weight excluding hydrogens is 440 g/mol. The molecule has 0 radical (unpaired) electrons. The van der Waals surface area contributed by atoms with Gasteiger partial charge in [-0.2, -0.15) is 0 Å². The summed E-state index contributed by atoms with van der Waals surface area (Å²) >= 11 is 0. The van der Waals surface area contributed by atoms with Crippen molar-refractivity contribution in [2.75, 3.05) is 13.2 Å². The van der Waals surface area contributed by atoms with Crippen molar-refractivity contribution in [2.45, 2.75) is 80.2 Å². The molecular formula is C17H30N2O13. The van der Waals surface area contributed by atoms with Crippen molar-refractivity contribution in [3.63, 3.8) is 0 Å². The molecule has 11 atom stereocenters. The number of carboxylic acids is 1. The van der Waals surface area contributed by atoms with E-state index in [0.717, 1.165) is 6.92 Å². The molecule has 2 aliphatic heterocycles. The highest BCUT2D eigenvalue weighted by Crippen LogP contribution is 2.33. The summed E-state index contributed by atoms with van der Waals surface area (Å²) in [5.41, 5.74) is 6.02.